The van der Waals surface area contributed by atoms with Crippen molar-refractivity contribution in [3.8, 4) is 0 Å². The Labute approximate surface area is 125 Å². The highest BCUT2D eigenvalue weighted by Gasteiger charge is 2.23. The summed E-state index contributed by atoms with van der Waals surface area (Å²) in [4.78, 5) is 14.2. The van der Waals surface area contributed by atoms with E-state index in [0.29, 0.717) is 16.5 Å². The summed E-state index contributed by atoms with van der Waals surface area (Å²) in [7, 11) is 1.98. The van der Waals surface area contributed by atoms with Crippen molar-refractivity contribution in [1.29, 1.82) is 0 Å². The minimum absolute atomic E-state index is 0. The number of carbonyl (C=O) groups excluding carboxylic acids is 1. The number of halogens is 2. The summed E-state index contributed by atoms with van der Waals surface area (Å²) in [5.74, 6) is 0.791. The van der Waals surface area contributed by atoms with E-state index in [1.165, 1.54) is 0 Å². The molecule has 1 aromatic rings. The number of rotatable bonds is 3. The summed E-state index contributed by atoms with van der Waals surface area (Å²) < 4.78 is 0. The number of piperidine rings is 1. The molecule has 0 aliphatic carbocycles. The summed E-state index contributed by atoms with van der Waals surface area (Å²) in [5, 5.41) is 3.82. The molecule has 106 valence electrons. The second-order valence-electron chi connectivity index (χ2n) is 4.80. The van der Waals surface area contributed by atoms with E-state index in [-0.39, 0.29) is 18.3 Å². The molecule has 1 amide bonds. The van der Waals surface area contributed by atoms with Crippen molar-refractivity contribution in [1.82, 2.24) is 10.2 Å². The minimum atomic E-state index is 0. The van der Waals surface area contributed by atoms with Crippen molar-refractivity contribution in [2.45, 2.75) is 12.8 Å². The molecule has 1 heterocycles. The van der Waals surface area contributed by atoms with Gasteiger partial charge < -0.3 is 10.2 Å². The van der Waals surface area contributed by atoms with Crippen LogP contribution in [0, 0.1) is 5.92 Å². The standard InChI is InChI=1S/C14H19ClN2O.ClH/c1-16-10-11-5-7-17(8-6-11)14(18)12-3-2-4-13(15)9-12;/h2-4,9,11,16H,5-8,10H2,1H3;1H. The molecule has 1 aliphatic rings. The zero-order valence-electron chi connectivity index (χ0n) is 11.1. The van der Waals surface area contributed by atoms with Gasteiger partial charge >= 0.3 is 0 Å². The second kappa shape index (κ2) is 7.73. The van der Waals surface area contributed by atoms with Gasteiger partial charge in [-0.25, -0.2) is 0 Å². The van der Waals surface area contributed by atoms with E-state index < -0.39 is 0 Å². The molecular weight excluding hydrogens is 283 g/mol. The Morgan fingerprint density at radius 2 is 2.11 bits per heavy atom. The molecule has 0 unspecified atom stereocenters. The van der Waals surface area contributed by atoms with Crippen LogP contribution in [-0.4, -0.2) is 37.5 Å². The van der Waals surface area contributed by atoms with E-state index in [2.05, 4.69) is 5.32 Å². The second-order valence-corrected chi connectivity index (χ2v) is 5.24. The van der Waals surface area contributed by atoms with Gasteiger partial charge in [0.2, 0.25) is 0 Å². The van der Waals surface area contributed by atoms with Crippen LogP contribution in [0.2, 0.25) is 5.02 Å². The summed E-state index contributed by atoms with van der Waals surface area (Å²) in [6, 6.07) is 7.18. The van der Waals surface area contributed by atoms with Gasteiger partial charge in [0.1, 0.15) is 0 Å². The molecule has 1 aromatic carbocycles. The van der Waals surface area contributed by atoms with Crippen molar-refractivity contribution in [2.24, 2.45) is 5.92 Å². The maximum Gasteiger partial charge on any atom is 0.253 e. The summed E-state index contributed by atoms with van der Waals surface area (Å²) in [6.45, 7) is 2.73. The number of amides is 1. The van der Waals surface area contributed by atoms with Gasteiger partial charge in [0, 0.05) is 23.7 Å². The Morgan fingerprint density at radius 1 is 1.42 bits per heavy atom. The van der Waals surface area contributed by atoms with E-state index in [9.17, 15) is 4.79 Å². The maximum atomic E-state index is 12.3. The third-order valence-corrected chi connectivity index (χ3v) is 3.70. The highest BCUT2D eigenvalue weighted by Crippen LogP contribution is 2.19. The molecule has 3 nitrogen and oxygen atoms in total. The van der Waals surface area contributed by atoms with Crippen LogP contribution in [0.4, 0.5) is 0 Å². The average Bonchev–Trinajstić information content (AvgIpc) is 2.39. The van der Waals surface area contributed by atoms with E-state index in [1.807, 2.05) is 24.1 Å². The van der Waals surface area contributed by atoms with Crippen molar-refractivity contribution < 1.29 is 4.79 Å². The molecule has 1 fully saturated rings. The highest BCUT2D eigenvalue weighted by atomic mass is 35.5. The van der Waals surface area contributed by atoms with E-state index in [1.54, 1.807) is 12.1 Å². The molecule has 0 saturated carbocycles. The summed E-state index contributed by atoms with van der Waals surface area (Å²) in [6.07, 6.45) is 2.15. The monoisotopic (exact) mass is 302 g/mol. The fourth-order valence-electron chi connectivity index (χ4n) is 2.43. The first kappa shape index (κ1) is 16.3. The predicted octanol–water partition coefficient (Wildman–Crippen LogP) is 2.83. The number of likely N-dealkylation sites (tertiary alicyclic amines) is 1. The molecule has 1 aliphatic heterocycles. The largest absolute Gasteiger partial charge is 0.339 e. The van der Waals surface area contributed by atoms with Gasteiger partial charge in [0.05, 0.1) is 0 Å². The smallest absolute Gasteiger partial charge is 0.253 e. The number of hydrogen-bond donors (Lipinski definition) is 1. The molecular formula is C14H20Cl2N2O. The molecule has 1 N–H and O–H groups in total. The highest BCUT2D eigenvalue weighted by molar-refractivity contribution is 6.30. The lowest BCUT2D eigenvalue weighted by atomic mass is 9.96. The van der Waals surface area contributed by atoms with Gasteiger partial charge in [0.15, 0.2) is 0 Å². The van der Waals surface area contributed by atoms with Gasteiger partial charge in [-0.1, -0.05) is 17.7 Å². The zero-order valence-corrected chi connectivity index (χ0v) is 12.6. The molecule has 2 rings (SSSR count). The molecule has 0 radical (unpaired) electrons. The zero-order chi connectivity index (χ0) is 13.0. The van der Waals surface area contributed by atoms with Crippen molar-refractivity contribution in [3.05, 3.63) is 34.9 Å². The van der Waals surface area contributed by atoms with Gasteiger partial charge in [-0.3, -0.25) is 4.79 Å². The molecule has 5 heteroatoms. The number of carbonyl (C=O) groups is 1. The summed E-state index contributed by atoms with van der Waals surface area (Å²) in [5.41, 5.74) is 0.689. The molecule has 0 aromatic heterocycles. The van der Waals surface area contributed by atoms with Gasteiger partial charge in [-0.15, -0.1) is 12.4 Å². The number of nitrogens with zero attached hydrogens (tertiary/aromatic N) is 1. The molecule has 19 heavy (non-hydrogen) atoms. The van der Waals surface area contributed by atoms with Crippen LogP contribution in [0.15, 0.2) is 24.3 Å². The quantitative estimate of drug-likeness (QED) is 0.931. The van der Waals surface area contributed by atoms with Crippen molar-refractivity contribution in [2.75, 3.05) is 26.7 Å². The van der Waals surface area contributed by atoms with Gasteiger partial charge in [-0.05, 0) is 50.6 Å². The third-order valence-electron chi connectivity index (χ3n) is 3.47. The van der Waals surface area contributed by atoms with Gasteiger partial charge in [0.25, 0.3) is 5.91 Å². The molecule has 0 spiro atoms. The van der Waals surface area contributed by atoms with Crippen LogP contribution in [0.3, 0.4) is 0 Å². The van der Waals surface area contributed by atoms with Crippen LogP contribution >= 0.6 is 24.0 Å². The van der Waals surface area contributed by atoms with Crippen LogP contribution in [0.5, 0.6) is 0 Å². The minimum Gasteiger partial charge on any atom is -0.339 e. The predicted molar refractivity (Wildman–Crippen MR) is 81.3 cm³/mol. The molecule has 0 bridgehead atoms. The van der Waals surface area contributed by atoms with Crippen LogP contribution < -0.4 is 5.32 Å². The Bertz CT molecular complexity index is 418. The molecule has 1 saturated heterocycles. The fraction of sp³-hybridized carbons (Fsp3) is 0.500. The molecule has 0 atom stereocenters. The summed E-state index contributed by atoms with van der Waals surface area (Å²) >= 11 is 5.91. The topological polar surface area (TPSA) is 32.3 Å². The third kappa shape index (κ3) is 4.37. The number of hydrogen-bond acceptors (Lipinski definition) is 2. The Morgan fingerprint density at radius 3 is 2.68 bits per heavy atom. The van der Waals surface area contributed by atoms with Crippen molar-refractivity contribution >= 4 is 29.9 Å². The van der Waals surface area contributed by atoms with Gasteiger partial charge in [-0.2, -0.15) is 0 Å². The first-order valence-corrected chi connectivity index (χ1v) is 6.78. The van der Waals surface area contributed by atoms with Crippen molar-refractivity contribution in [3.63, 3.8) is 0 Å². The SMILES string of the molecule is CNCC1CCN(C(=O)c2cccc(Cl)c2)CC1.Cl. The van der Waals surface area contributed by atoms with Crippen LogP contribution in [-0.2, 0) is 0 Å². The maximum absolute atomic E-state index is 12.3. The Balaban J connectivity index is 0.00000180. The lowest BCUT2D eigenvalue weighted by Gasteiger charge is -2.32. The van der Waals surface area contributed by atoms with Crippen LogP contribution in [0.1, 0.15) is 23.2 Å². The first-order chi connectivity index (χ1) is 8.70. The number of nitrogens with one attached hydrogen (secondary N) is 1. The fourth-order valence-corrected chi connectivity index (χ4v) is 2.62. The lowest BCUT2D eigenvalue weighted by molar-refractivity contribution is 0.0691. The Hall–Kier alpha value is -0.770. The average molecular weight is 303 g/mol. The number of benzene rings is 1. The van der Waals surface area contributed by atoms with E-state index >= 15 is 0 Å². The first-order valence-electron chi connectivity index (χ1n) is 6.40. The Kier molecular flexibility index (Phi) is 6.63. The van der Waals surface area contributed by atoms with E-state index in [4.69, 9.17) is 11.6 Å². The van der Waals surface area contributed by atoms with E-state index in [0.717, 1.165) is 32.5 Å². The van der Waals surface area contributed by atoms with Crippen LogP contribution in [0.25, 0.3) is 0 Å². The lowest BCUT2D eigenvalue weighted by Crippen LogP contribution is -2.40. The normalized spacial score (nSPS) is 16.0.